The van der Waals surface area contributed by atoms with E-state index in [-0.39, 0.29) is 43.7 Å². The standard InChI is InChI=1S/C11H16N2O5S/c1-19(17,18)8-4-5-12(6-8)11(16)7-13-9(14)2-3-10(13)15/h8H,2-7H2,1H3/t8-/m1/s1. The molecule has 2 aliphatic rings. The third-order valence-corrected chi connectivity index (χ3v) is 5.15. The normalized spacial score (nSPS) is 24.4. The maximum absolute atomic E-state index is 11.9. The van der Waals surface area contributed by atoms with Gasteiger partial charge in [0.05, 0.1) is 5.25 Å². The molecular formula is C11H16N2O5S. The van der Waals surface area contributed by atoms with Crippen LogP contribution in [-0.2, 0) is 24.2 Å². The molecule has 106 valence electrons. The Hall–Kier alpha value is -1.44. The molecule has 2 rings (SSSR count). The highest BCUT2D eigenvalue weighted by molar-refractivity contribution is 7.91. The second kappa shape index (κ2) is 4.92. The molecular weight excluding hydrogens is 272 g/mol. The number of carbonyl (C=O) groups excluding carboxylic acids is 3. The Kier molecular flexibility index (Phi) is 3.62. The molecule has 2 heterocycles. The van der Waals surface area contributed by atoms with E-state index in [9.17, 15) is 22.8 Å². The van der Waals surface area contributed by atoms with E-state index in [2.05, 4.69) is 0 Å². The van der Waals surface area contributed by atoms with Crippen molar-refractivity contribution in [1.82, 2.24) is 9.80 Å². The summed E-state index contributed by atoms with van der Waals surface area (Å²) in [7, 11) is -3.16. The SMILES string of the molecule is CS(=O)(=O)[C@@H]1CCN(C(=O)CN2C(=O)CCC2=O)C1. The molecule has 0 N–H and O–H groups in total. The van der Waals surface area contributed by atoms with Gasteiger partial charge in [0, 0.05) is 32.2 Å². The zero-order chi connectivity index (χ0) is 14.2. The minimum Gasteiger partial charge on any atom is -0.340 e. The molecule has 0 spiro atoms. The van der Waals surface area contributed by atoms with Crippen LogP contribution in [0.4, 0.5) is 0 Å². The van der Waals surface area contributed by atoms with E-state index in [1.165, 1.54) is 4.90 Å². The van der Waals surface area contributed by atoms with Gasteiger partial charge in [0.25, 0.3) is 0 Å². The van der Waals surface area contributed by atoms with Crippen LogP contribution in [0.25, 0.3) is 0 Å². The lowest BCUT2D eigenvalue weighted by Gasteiger charge is -2.20. The van der Waals surface area contributed by atoms with Crippen LogP contribution in [0.3, 0.4) is 0 Å². The fourth-order valence-electron chi connectivity index (χ4n) is 2.34. The van der Waals surface area contributed by atoms with Crippen molar-refractivity contribution in [3.05, 3.63) is 0 Å². The first-order valence-electron chi connectivity index (χ1n) is 6.09. The third kappa shape index (κ3) is 2.94. The van der Waals surface area contributed by atoms with Crippen molar-refractivity contribution in [2.45, 2.75) is 24.5 Å². The van der Waals surface area contributed by atoms with Crippen LogP contribution in [0.5, 0.6) is 0 Å². The molecule has 19 heavy (non-hydrogen) atoms. The van der Waals surface area contributed by atoms with Crippen molar-refractivity contribution in [2.75, 3.05) is 25.9 Å². The van der Waals surface area contributed by atoms with Gasteiger partial charge in [-0.3, -0.25) is 19.3 Å². The first-order valence-corrected chi connectivity index (χ1v) is 8.04. The van der Waals surface area contributed by atoms with Gasteiger partial charge in [0.1, 0.15) is 6.54 Å². The van der Waals surface area contributed by atoms with E-state index in [1.54, 1.807) is 0 Å². The summed E-state index contributed by atoms with van der Waals surface area (Å²) in [5, 5.41) is -0.540. The van der Waals surface area contributed by atoms with E-state index >= 15 is 0 Å². The molecule has 0 aromatic carbocycles. The molecule has 2 aliphatic heterocycles. The van der Waals surface area contributed by atoms with Crippen LogP contribution in [0.2, 0.25) is 0 Å². The Morgan fingerprint density at radius 3 is 2.32 bits per heavy atom. The van der Waals surface area contributed by atoms with Crippen molar-refractivity contribution in [2.24, 2.45) is 0 Å². The summed E-state index contributed by atoms with van der Waals surface area (Å²) in [5.41, 5.74) is 0. The van der Waals surface area contributed by atoms with E-state index < -0.39 is 15.1 Å². The number of hydrogen-bond donors (Lipinski definition) is 0. The van der Waals surface area contributed by atoms with Crippen LogP contribution in [0.1, 0.15) is 19.3 Å². The van der Waals surface area contributed by atoms with Gasteiger partial charge in [-0.2, -0.15) is 0 Å². The number of sulfone groups is 1. The van der Waals surface area contributed by atoms with Gasteiger partial charge in [0.15, 0.2) is 9.84 Å². The van der Waals surface area contributed by atoms with Gasteiger partial charge in [-0.1, -0.05) is 0 Å². The molecule has 2 saturated heterocycles. The van der Waals surface area contributed by atoms with Crippen LogP contribution in [0, 0.1) is 0 Å². The second-order valence-electron chi connectivity index (χ2n) is 4.95. The number of likely N-dealkylation sites (tertiary alicyclic amines) is 2. The zero-order valence-corrected chi connectivity index (χ0v) is 11.5. The van der Waals surface area contributed by atoms with Gasteiger partial charge in [0.2, 0.25) is 17.7 Å². The maximum atomic E-state index is 11.9. The van der Waals surface area contributed by atoms with Crippen molar-refractivity contribution in [3.8, 4) is 0 Å². The van der Waals surface area contributed by atoms with Gasteiger partial charge in [-0.05, 0) is 6.42 Å². The van der Waals surface area contributed by atoms with E-state index in [0.29, 0.717) is 13.0 Å². The fraction of sp³-hybridized carbons (Fsp3) is 0.727. The number of amides is 3. The summed E-state index contributed by atoms with van der Waals surface area (Å²) in [4.78, 5) is 37.1. The van der Waals surface area contributed by atoms with Gasteiger partial charge in [-0.15, -0.1) is 0 Å². The predicted molar refractivity (Wildman–Crippen MR) is 65.8 cm³/mol. The largest absolute Gasteiger partial charge is 0.340 e. The summed E-state index contributed by atoms with van der Waals surface area (Å²) in [6, 6.07) is 0. The smallest absolute Gasteiger partial charge is 0.242 e. The molecule has 0 unspecified atom stereocenters. The third-order valence-electron chi connectivity index (χ3n) is 3.55. The average molecular weight is 288 g/mol. The Morgan fingerprint density at radius 2 is 1.84 bits per heavy atom. The number of rotatable bonds is 3. The van der Waals surface area contributed by atoms with E-state index in [1.807, 2.05) is 0 Å². The lowest BCUT2D eigenvalue weighted by Crippen LogP contribution is -2.42. The van der Waals surface area contributed by atoms with Gasteiger partial charge < -0.3 is 4.90 Å². The Balaban J connectivity index is 1.95. The highest BCUT2D eigenvalue weighted by Gasteiger charge is 2.36. The van der Waals surface area contributed by atoms with Crippen LogP contribution in [-0.4, -0.2) is 67.1 Å². The number of carbonyl (C=O) groups is 3. The fourth-order valence-corrected chi connectivity index (χ4v) is 3.32. The number of imide groups is 1. The molecule has 0 bridgehead atoms. The first kappa shape index (κ1) is 14.0. The predicted octanol–water partition coefficient (Wildman–Crippen LogP) is -1.22. The molecule has 0 aliphatic carbocycles. The highest BCUT2D eigenvalue weighted by Crippen LogP contribution is 2.18. The second-order valence-corrected chi connectivity index (χ2v) is 7.28. The minimum absolute atomic E-state index is 0.147. The van der Waals surface area contributed by atoms with Gasteiger partial charge >= 0.3 is 0 Å². The maximum Gasteiger partial charge on any atom is 0.242 e. The quantitative estimate of drug-likeness (QED) is 0.607. The molecule has 3 amide bonds. The Morgan fingerprint density at radius 1 is 1.26 bits per heavy atom. The van der Waals surface area contributed by atoms with Crippen LogP contribution < -0.4 is 0 Å². The molecule has 0 aromatic heterocycles. The summed E-state index contributed by atoms with van der Waals surface area (Å²) in [6.45, 7) is 0.231. The zero-order valence-electron chi connectivity index (χ0n) is 10.7. The Bertz CT molecular complexity index is 511. The Labute approximate surface area is 111 Å². The van der Waals surface area contributed by atoms with Crippen molar-refractivity contribution in [3.63, 3.8) is 0 Å². The molecule has 8 heteroatoms. The molecule has 0 saturated carbocycles. The van der Waals surface area contributed by atoms with E-state index in [4.69, 9.17) is 0 Å². The molecule has 0 aromatic rings. The molecule has 1 atom stereocenters. The number of nitrogens with zero attached hydrogens (tertiary/aromatic N) is 2. The first-order chi connectivity index (χ1) is 8.79. The average Bonchev–Trinajstić information content (AvgIpc) is 2.90. The summed E-state index contributed by atoms with van der Waals surface area (Å²) < 4.78 is 22.8. The van der Waals surface area contributed by atoms with Crippen molar-refractivity contribution in [1.29, 1.82) is 0 Å². The minimum atomic E-state index is -3.16. The lowest BCUT2D eigenvalue weighted by molar-refractivity contribution is -0.145. The van der Waals surface area contributed by atoms with Crippen molar-refractivity contribution >= 4 is 27.6 Å². The van der Waals surface area contributed by atoms with Gasteiger partial charge in [-0.25, -0.2) is 8.42 Å². The van der Waals surface area contributed by atoms with Crippen LogP contribution in [0.15, 0.2) is 0 Å². The number of hydrogen-bond acceptors (Lipinski definition) is 5. The molecule has 0 radical (unpaired) electrons. The summed E-state index contributed by atoms with van der Waals surface area (Å²) in [5.74, 6) is -1.04. The summed E-state index contributed by atoms with van der Waals surface area (Å²) >= 11 is 0. The topological polar surface area (TPSA) is 91.8 Å². The summed E-state index contributed by atoms with van der Waals surface area (Å²) in [6.07, 6.45) is 1.86. The van der Waals surface area contributed by atoms with E-state index in [0.717, 1.165) is 11.2 Å². The van der Waals surface area contributed by atoms with Crippen molar-refractivity contribution < 1.29 is 22.8 Å². The highest BCUT2D eigenvalue weighted by atomic mass is 32.2. The molecule has 7 nitrogen and oxygen atoms in total. The monoisotopic (exact) mass is 288 g/mol. The lowest BCUT2D eigenvalue weighted by atomic mass is 10.4. The van der Waals surface area contributed by atoms with Crippen LogP contribution >= 0.6 is 0 Å². The molecule has 2 fully saturated rings.